The number of hydrogen-bond donors (Lipinski definition) is 1. The number of nitrogens with one attached hydrogen (secondary N) is 1. The molecule has 26 heavy (non-hydrogen) atoms. The van der Waals surface area contributed by atoms with Gasteiger partial charge in [0.05, 0.1) is 0 Å². The molecule has 1 heterocycles. The molecule has 4 heteroatoms. The zero-order valence-corrected chi connectivity index (χ0v) is 14.1. The van der Waals surface area contributed by atoms with Crippen LogP contribution in [0.15, 0.2) is 60.7 Å². The Morgan fingerprint density at radius 1 is 0.808 bits per heavy atom. The Hall–Kier alpha value is -3.27. The van der Waals surface area contributed by atoms with Gasteiger partial charge in [-0.2, -0.15) is 0 Å². The fourth-order valence-corrected chi connectivity index (χ4v) is 3.59. The van der Waals surface area contributed by atoms with Crippen molar-refractivity contribution in [1.29, 1.82) is 0 Å². The van der Waals surface area contributed by atoms with Crippen molar-refractivity contribution in [1.82, 2.24) is 0 Å². The number of anilines is 1. The van der Waals surface area contributed by atoms with Crippen molar-refractivity contribution in [2.75, 3.05) is 18.5 Å². The number of hydrogen-bond acceptors (Lipinski definition) is 3. The second-order valence-electron chi connectivity index (χ2n) is 6.52. The van der Waals surface area contributed by atoms with Gasteiger partial charge >= 0.3 is 0 Å². The number of amides is 1. The lowest BCUT2D eigenvalue weighted by atomic mass is 10.1. The van der Waals surface area contributed by atoms with Gasteiger partial charge in [0, 0.05) is 11.3 Å². The SMILES string of the molecule is O=C(Nc1ccc2c(c1)-c1ccccc1C2)c1ccc2c(c1)OCCO2. The highest BCUT2D eigenvalue weighted by atomic mass is 16.6. The minimum atomic E-state index is -0.159. The first kappa shape index (κ1) is 15.0. The van der Waals surface area contributed by atoms with E-state index >= 15 is 0 Å². The van der Waals surface area contributed by atoms with Gasteiger partial charge in [-0.1, -0.05) is 30.3 Å². The molecule has 1 aliphatic heterocycles. The molecule has 0 unspecified atom stereocenters. The first-order chi connectivity index (χ1) is 12.8. The third kappa shape index (κ3) is 2.51. The predicted molar refractivity (Wildman–Crippen MR) is 100 cm³/mol. The summed E-state index contributed by atoms with van der Waals surface area (Å²) in [5.41, 5.74) is 6.41. The van der Waals surface area contributed by atoms with Gasteiger partial charge in [0.25, 0.3) is 5.91 Å². The predicted octanol–water partition coefficient (Wildman–Crippen LogP) is 4.28. The molecule has 1 aliphatic carbocycles. The summed E-state index contributed by atoms with van der Waals surface area (Å²) >= 11 is 0. The molecule has 5 rings (SSSR count). The molecule has 0 spiro atoms. The molecule has 0 bridgehead atoms. The number of fused-ring (bicyclic) bond motifs is 4. The van der Waals surface area contributed by atoms with Gasteiger partial charge in [-0.15, -0.1) is 0 Å². The lowest BCUT2D eigenvalue weighted by Gasteiger charge is -2.18. The van der Waals surface area contributed by atoms with Crippen molar-refractivity contribution < 1.29 is 14.3 Å². The molecule has 0 atom stereocenters. The quantitative estimate of drug-likeness (QED) is 0.591. The average Bonchev–Trinajstić information content (AvgIpc) is 3.05. The van der Waals surface area contributed by atoms with Crippen LogP contribution < -0.4 is 14.8 Å². The van der Waals surface area contributed by atoms with Crippen LogP contribution in [0.3, 0.4) is 0 Å². The van der Waals surface area contributed by atoms with Crippen molar-refractivity contribution in [3.63, 3.8) is 0 Å². The largest absolute Gasteiger partial charge is 0.486 e. The minimum absolute atomic E-state index is 0.159. The monoisotopic (exact) mass is 343 g/mol. The standard InChI is InChI=1S/C22H17NO3/c24-22(16-6-8-20-21(12-16)26-10-9-25-20)23-17-7-5-15-11-14-3-1-2-4-18(14)19(15)13-17/h1-8,12-13H,9-11H2,(H,23,24). The van der Waals surface area contributed by atoms with Crippen LogP contribution in [-0.2, 0) is 6.42 Å². The normalized spacial score (nSPS) is 13.7. The molecule has 3 aromatic rings. The van der Waals surface area contributed by atoms with Gasteiger partial charge in [0.2, 0.25) is 0 Å². The molecule has 1 N–H and O–H groups in total. The number of carbonyl (C=O) groups excluding carboxylic acids is 1. The first-order valence-electron chi connectivity index (χ1n) is 8.70. The Balaban J connectivity index is 1.42. The van der Waals surface area contributed by atoms with Crippen LogP contribution in [-0.4, -0.2) is 19.1 Å². The summed E-state index contributed by atoms with van der Waals surface area (Å²) in [6, 6.07) is 19.8. The van der Waals surface area contributed by atoms with Crippen LogP contribution in [0, 0.1) is 0 Å². The van der Waals surface area contributed by atoms with Gasteiger partial charge in [0.1, 0.15) is 13.2 Å². The lowest BCUT2D eigenvalue weighted by molar-refractivity contribution is 0.102. The van der Waals surface area contributed by atoms with Gasteiger partial charge in [-0.25, -0.2) is 0 Å². The van der Waals surface area contributed by atoms with Gasteiger partial charge < -0.3 is 14.8 Å². The Morgan fingerprint density at radius 3 is 2.54 bits per heavy atom. The van der Waals surface area contributed by atoms with Crippen LogP contribution in [0.4, 0.5) is 5.69 Å². The molecule has 1 amide bonds. The van der Waals surface area contributed by atoms with E-state index in [1.54, 1.807) is 18.2 Å². The zero-order valence-electron chi connectivity index (χ0n) is 14.1. The molecule has 0 saturated carbocycles. The summed E-state index contributed by atoms with van der Waals surface area (Å²) in [5.74, 6) is 1.14. The highest BCUT2D eigenvalue weighted by Gasteiger charge is 2.19. The fourth-order valence-electron chi connectivity index (χ4n) is 3.59. The van der Waals surface area contributed by atoms with Crippen molar-refractivity contribution >= 4 is 11.6 Å². The summed E-state index contributed by atoms with van der Waals surface area (Å²) in [5, 5.41) is 2.99. The van der Waals surface area contributed by atoms with Crippen molar-refractivity contribution in [3.05, 3.63) is 77.4 Å². The fraction of sp³-hybridized carbons (Fsp3) is 0.136. The summed E-state index contributed by atoms with van der Waals surface area (Å²) in [4.78, 5) is 12.6. The first-order valence-corrected chi connectivity index (χ1v) is 8.70. The van der Waals surface area contributed by atoms with E-state index in [1.165, 1.54) is 22.3 Å². The molecule has 4 nitrogen and oxygen atoms in total. The lowest BCUT2D eigenvalue weighted by Crippen LogP contribution is -2.17. The van der Waals surface area contributed by atoms with E-state index < -0.39 is 0 Å². The van der Waals surface area contributed by atoms with E-state index in [0.29, 0.717) is 30.3 Å². The molecule has 0 fully saturated rings. The maximum Gasteiger partial charge on any atom is 0.255 e. The molecule has 128 valence electrons. The maximum atomic E-state index is 12.6. The second-order valence-corrected chi connectivity index (χ2v) is 6.52. The summed E-state index contributed by atoms with van der Waals surface area (Å²) in [6.07, 6.45) is 0.946. The number of ether oxygens (including phenoxy) is 2. The Morgan fingerprint density at radius 2 is 1.62 bits per heavy atom. The molecule has 0 aromatic heterocycles. The molecular formula is C22H17NO3. The van der Waals surface area contributed by atoms with Crippen molar-refractivity contribution in [3.8, 4) is 22.6 Å². The van der Waals surface area contributed by atoms with E-state index in [2.05, 4.69) is 35.6 Å². The van der Waals surface area contributed by atoms with E-state index in [4.69, 9.17) is 9.47 Å². The number of benzene rings is 3. The minimum Gasteiger partial charge on any atom is -0.486 e. The smallest absolute Gasteiger partial charge is 0.255 e. The maximum absolute atomic E-state index is 12.6. The topological polar surface area (TPSA) is 47.6 Å². The Bertz CT molecular complexity index is 1030. The van der Waals surface area contributed by atoms with Crippen LogP contribution in [0.5, 0.6) is 11.5 Å². The number of carbonyl (C=O) groups is 1. The highest BCUT2D eigenvalue weighted by Crippen LogP contribution is 2.38. The summed E-state index contributed by atoms with van der Waals surface area (Å²) in [7, 11) is 0. The van der Waals surface area contributed by atoms with Crippen LogP contribution >= 0.6 is 0 Å². The van der Waals surface area contributed by atoms with Crippen LogP contribution in [0.2, 0.25) is 0 Å². The van der Waals surface area contributed by atoms with Crippen molar-refractivity contribution in [2.45, 2.75) is 6.42 Å². The Labute approximate surface area is 151 Å². The van der Waals surface area contributed by atoms with Gasteiger partial charge in [0.15, 0.2) is 11.5 Å². The molecule has 0 saturated heterocycles. The van der Waals surface area contributed by atoms with Gasteiger partial charge in [-0.05, 0) is 59.0 Å². The van der Waals surface area contributed by atoms with Gasteiger partial charge in [-0.3, -0.25) is 4.79 Å². The third-order valence-corrected chi connectivity index (χ3v) is 4.86. The third-order valence-electron chi connectivity index (χ3n) is 4.86. The van der Waals surface area contributed by atoms with E-state index in [0.717, 1.165) is 12.1 Å². The van der Waals surface area contributed by atoms with Crippen LogP contribution in [0.1, 0.15) is 21.5 Å². The highest BCUT2D eigenvalue weighted by molar-refractivity contribution is 6.05. The molecule has 2 aliphatic rings. The second kappa shape index (κ2) is 5.92. The summed E-state index contributed by atoms with van der Waals surface area (Å²) in [6.45, 7) is 1.04. The molecule has 0 radical (unpaired) electrons. The number of rotatable bonds is 2. The van der Waals surface area contributed by atoms with E-state index in [-0.39, 0.29) is 5.91 Å². The van der Waals surface area contributed by atoms with Crippen molar-refractivity contribution in [2.24, 2.45) is 0 Å². The molecular weight excluding hydrogens is 326 g/mol. The summed E-state index contributed by atoms with van der Waals surface area (Å²) < 4.78 is 11.1. The zero-order chi connectivity index (χ0) is 17.5. The molecule has 3 aromatic carbocycles. The van der Waals surface area contributed by atoms with Crippen LogP contribution in [0.25, 0.3) is 11.1 Å². The van der Waals surface area contributed by atoms with E-state index in [1.807, 2.05) is 12.1 Å². The van der Waals surface area contributed by atoms with E-state index in [9.17, 15) is 4.79 Å². The Kier molecular flexibility index (Phi) is 3.42. The average molecular weight is 343 g/mol.